The van der Waals surface area contributed by atoms with E-state index in [0.29, 0.717) is 62.5 Å². The van der Waals surface area contributed by atoms with Gasteiger partial charge in [0.2, 0.25) is 0 Å². The van der Waals surface area contributed by atoms with E-state index in [1.165, 1.54) is 18.4 Å². The summed E-state index contributed by atoms with van der Waals surface area (Å²) in [4.78, 5) is 11.1. The second-order valence-electron chi connectivity index (χ2n) is 12.5. The van der Waals surface area contributed by atoms with Gasteiger partial charge in [-0.05, 0) is 48.7 Å². The molecule has 6 rings (SSSR count). The van der Waals surface area contributed by atoms with Crippen LogP contribution in [0.3, 0.4) is 0 Å². The fraction of sp³-hybridized carbons (Fsp3) is 0.455. The Balaban J connectivity index is 1.25. The van der Waals surface area contributed by atoms with Gasteiger partial charge in [-0.2, -0.15) is 10.4 Å². The summed E-state index contributed by atoms with van der Waals surface area (Å²) in [6.07, 6.45) is 7.07. The highest BCUT2D eigenvalue weighted by atomic mass is 32.2. The first-order valence-corrected chi connectivity index (χ1v) is 17.6. The molecule has 11 nitrogen and oxygen atoms in total. The molecule has 3 atom stereocenters. The summed E-state index contributed by atoms with van der Waals surface area (Å²) in [6.45, 7) is 3.95. The molecule has 2 N–H and O–H groups in total. The number of ether oxygens (including phenoxy) is 2. The Kier molecular flexibility index (Phi) is 9.26. The number of anilines is 1. The molecule has 2 aliphatic heterocycles. The van der Waals surface area contributed by atoms with Crippen molar-refractivity contribution in [3.8, 4) is 17.3 Å². The number of hydrogen-bond acceptors (Lipinski definition) is 10. The maximum absolute atomic E-state index is 15.6. The second kappa shape index (κ2) is 13.2. The molecule has 3 aromatic heterocycles. The van der Waals surface area contributed by atoms with Gasteiger partial charge in [-0.3, -0.25) is 4.98 Å². The van der Waals surface area contributed by atoms with Crippen LogP contribution in [-0.2, 0) is 31.1 Å². The maximum atomic E-state index is 15.6. The molecule has 0 bridgehead atoms. The van der Waals surface area contributed by atoms with Crippen LogP contribution in [0.25, 0.3) is 16.8 Å². The topological polar surface area (TPSA) is 149 Å². The normalized spacial score (nSPS) is 21.5. The first-order valence-electron chi connectivity index (χ1n) is 15.5. The number of halogens is 2. The van der Waals surface area contributed by atoms with E-state index in [4.69, 9.17) is 15.2 Å². The molecule has 5 heterocycles. The zero-order valence-electron chi connectivity index (χ0n) is 26.3. The van der Waals surface area contributed by atoms with Crippen molar-refractivity contribution in [2.75, 3.05) is 49.8 Å². The minimum absolute atomic E-state index is 0.0291. The predicted molar refractivity (Wildman–Crippen MR) is 172 cm³/mol. The van der Waals surface area contributed by atoms with Crippen molar-refractivity contribution in [3.63, 3.8) is 0 Å². The third kappa shape index (κ3) is 6.85. The maximum Gasteiger partial charge on any atom is 0.149 e. The standard InChI is InChI=1S/C33H37F2N7O4S/c1-21-18-41(19-27(37)32(21)46-11-12-47(2,43)44)29-5-8-38-16-22(29)13-30-39-17-24-3-4-28(40-42(24)30)31-25(34)14-23(15-26(31)35)33(20-36)6-9-45-10-7-33/h3-5,8,14-17,21,27,32H,6-7,9-13,18-19,37H2,1-2H3/t21-,27+,32-/m0/s1. The van der Waals surface area contributed by atoms with Gasteiger partial charge in [0.1, 0.15) is 27.3 Å². The highest BCUT2D eigenvalue weighted by Gasteiger charge is 2.37. The van der Waals surface area contributed by atoms with Crippen molar-refractivity contribution in [2.24, 2.45) is 11.7 Å². The molecular weight excluding hydrogens is 628 g/mol. The predicted octanol–water partition coefficient (Wildman–Crippen LogP) is 3.45. The SMILES string of the molecule is C[C@H]1CN(c2ccncc2Cc2ncc3ccc(-c4c(F)cc(C5(C#N)CCOCC5)cc4F)nn23)C[C@@H](N)[C@H]1OCCS(C)(=O)=O. The number of rotatable bonds is 9. The summed E-state index contributed by atoms with van der Waals surface area (Å²) in [5.41, 5.74) is 8.08. The fourth-order valence-electron chi connectivity index (χ4n) is 6.63. The molecule has 2 saturated heterocycles. The number of nitrogens with zero attached hydrogens (tertiary/aromatic N) is 6. The van der Waals surface area contributed by atoms with Crippen LogP contribution in [0.15, 0.2) is 48.9 Å². The van der Waals surface area contributed by atoms with Crippen LogP contribution in [-0.4, -0.2) is 85.1 Å². The van der Waals surface area contributed by atoms with Crippen LogP contribution in [0.5, 0.6) is 0 Å². The lowest BCUT2D eigenvalue weighted by atomic mass is 9.75. The molecule has 0 amide bonds. The van der Waals surface area contributed by atoms with Gasteiger partial charge < -0.3 is 20.1 Å². The second-order valence-corrected chi connectivity index (χ2v) is 14.8. The van der Waals surface area contributed by atoms with Crippen LogP contribution in [0, 0.1) is 28.9 Å². The molecule has 2 fully saturated rings. The average Bonchev–Trinajstić information content (AvgIpc) is 3.43. The number of benzene rings is 1. The van der Waals surface area contributed by atoms with E-state index < -0.39 is 26.9 Å². The number of nitriles is 1. The number of pyridine rings is 1. The number of sulfone groups is 1. The fourth-order valence-corrected chi connectivity index (χ4v) is 7.03. The minimum atomic E-state index is -3.14. The van der Waals surface area contributed by atoms with Gasteiger partial charge in [0.05, 0.1) is 52.9 Å². The number of piperidine rings is 1. The van der Waals surface area contributed by atoms with E-state index in [1.54, 1.807) is 35.2 Å². The highest BCUT2D eigenvalue weighted by Crippen LogP contribution is 2.37. The van der Waals surface area contributed by atoms with Crippen LogP contribution in [0.1, 0.15) is 36.7 Å². The number of fused-ring (bicyclic) bond motifs is 1. The number of nitrogens with two attached hydrogens (primary N) is 1. The van der Waals surface area contributed by atoms with Gasteiger partial charge in [0.25, 0.3) is 0 Å². The Hall–Kier alpha value is -4.03. The van der Waals surface area contributed by atoms with E-state index in [0.717, 1.165) is 11.3 Å². The van der Waals surface area contributed by atoms with Crippen molar-refractivity contribution in [2.45, 2.75) is 43.7 Å². The van der Waals surface area contributed by atoms with Gasteiger partial charge >= 0.3 is 0 Å². The summed E-state index contributed by atoms with van der Waals surface area (Å²) >= 11 is 0. The molecule has 0 radical (unpaired) electrons. The third-order valence-electron chi connectivity index (χ3n) is 9.12. The molecule has 0 unspecified atom stereocenters. The van der Waals surface area contributed by atoms with E-state index in [1.807, 2.05) is 13.0 Å². The van der Waals surface area contributed by atoms with E-state index >= 15 is 8.78 Å². The summed E-state index contributed by atoms with van der Waals surface area (Å²) in [7, 11) is -3.14. The van der Waals surface area contributed by atoms with Crippen LogP contribution >= 0.6 is 0 Å². The molecule has 0 spiro atoms. The smallest absolute Gasteiger partial charge is 0.149 e. The molecule has 4 aromatic rings. The van der Waals surface area contributed by atoms with Gasteiger partial charge in [-0.15, -0.1) is 0 Å². The van der Waals surface area contributed by atoms with Gasteiger partial charge in [-0.25, -0.2) is 26.7 Å². The third-order valence-corrected chi connectivity index (χ3v) is 10.0. The molecule has 2 aliphatic rings. The lowest BCUT2D eigenvalue weighted by Gasteiger charge is -2.42. The Labute approximate surface area is 272 Å². The Morgan fingerprint density at radius 3 is 2.57 bits per heavy atom. The Morgan fingerprint density at radius 2 is 1.89 bits per heavy atom. The monoisotopic (exact) mass is 665 g/mol. The van der Waals surface area contributed by atoms with Gasteiger partial charge in [-0.1, -0.05) is 6.92 Å². The molecular formula is C33H37F2N7O4S. The first-order chi connectivity index (χ1) is 22.5. The molecule has 14 heteroatoms. The van der Waals surface area contributed by atoms with Crippen LogP contribution < -0.4 is 10.6 Å². The zero-order chi connectivity index (χ0) is 33.3. The van der Waals surface area contributed by atoms with Gasteiger partial charge in [0, 0.05) is 74.6 Å². The molecule has 0 saturated carbocycles. The average molecular weight is 666 g/mol. The summed E-state index contributed by atoms with van der Waals surface area (Å²) in [5, 5.41) is 14.5. The van der Waals surface area contributed by atoms with Crippen molar-refractivity contribution in [1.82, 2.24) is 19.6 Å². The molecule has 47 heavy (non-hydrogen) atoms. The summed E-state index contributed by atoms with van der Waals surface area (Å²) in [5.74, 6) is -1.06. The largest absolute Gasteiger partial charge is 0.381 e. The van der Waals surface area contributed by atoms with E-state index in [-0.39, 0.29) is 41.7 Å². The van der Waals surface area contributed by atoms with Crippen molar-refractivity contribution in [3.05, 3.63) is 77.5 Å². The summed E-state index contributed by atoms with van der Waals surface area (Å²) < 4.78 is 67.1. The van der Waals surface area contributed by atoms with Crippen molar-refractivity contribution in [1.29, 1.82) is 5.26 Å². The van der Waals surface area contributed by atoms with Crippen LogP contribution in [0.2, 0.25) is 0 Å². The highest BCUT2D eigenvalue weighted by molar-refractivity contribution is 7.90. The summed E-state index contributed by atoms with van der Waals surface area (Å²) in [6, 6.07) is 9.56. The Morgan fingerprint density at radius 1 is 1.15 bits per heavy atom. The zero-order valence-corrected chi connectivity index (χ0v) is 27.1. The lowest BCUT2D eigenvalue weighted by molar-refractivity contribution is 0.00179. The van der Waals surface area contributed by atoms with Crippen molar-refractivity contribution < 1.29 is 26.7 Å². The minimum Gasteiger partial charge on any atom is -0.381 e. The van der Waals surface area contributed by atoms with E-state index in [2.05, 4.69) is 26.0 Å². The molecule has 0 aliphatic carbocycles. The first kappa shape index (κ1) is 32.9. The number of imidazole rings is 1. The lowest BCUT2D eigenvalue weighted by Crippen LogP contribution is -2.57. The quantitative estimate of drug-likeness (QED) is 0.282. The molecule has 248 valence electrons. The van der Waals surface area contributed by atoms with Crippen LogP contribution in [0.4, 0.5) is 14.5 Å². The number of aromatic nitrogens is 4. The van der Waals surface area contributed by atoms with E-state index in [9.17, 15) is 13.7 Å². The van der Waals surface area contributed by atoms with Gasteiger partial charge in [0.15, 0.2) is 0 Å². The number of hydrogen-bond donors (Lipinski definition) is 1. The molecule has 1 aromatic carbocycles. The van der Waals surface area contributed by atoms with Crippen molar-refractivity contribution >= 4 is 21.0 Å². The Bertz CT molecular complexity index is 1890.